The Morgan fingerprint density at radius 3 is 2.26 bits per heavy atom. The Labute approximate surface area is 206 Å². The first-order valence-corrected chi connectivity index (χ1v) is 19.8. The third-order valence-corrected chi connectivity index (χ3v) is 11.6. The minimum absolute atomic E-state index is 0.0737. The van der Waals surface area contributed by atoms with E-state index in [0.717, 1.165) is 25.7 Å². The van der Waals surface area contributed by atoms with Crippen molar-refractivity contribution in [3.05, 3.63) is 12.2 Å². The summed E-state index contributed by atoms with van der Waals surface area (Å²) in [5, 5.41) is 0. The molecule has 1 aliphatic heterocycles. The number of esters is 2. The third-order valence-electron chi connectivity index (χ3n) is 9.64. The van der Waals surface area contributed by atoms with E-state index in [1.54, 1.807) is 0 Å². The lowest BCUT2D eigenvalue weighted by molar-refractivity contribution is -0.174. The lowest BCUT2D eigenvalue weighted by Gasteiger charge is -2.52. The highest BCUT2D eigenvalue weighted by atomic mass is 28.4. The van der Waals surface area contributed by atoms with Crippen LogP contribution in [0.3, 0.4) is 0 Å². The van der Waals surface area contributed by atoms with Gasteiger partial charge in [-0.05, 0) is 83.2 Å². The zero-order valence-electron chi connectivity index (χ0n) is 22.2. The van der Waals surface area contributed by atoms with Crippen LogP contribution in [0.5, 0.6) is 0 Å². The van der Waals surface area contributed by atoms with Gasteiger partial charge in [0.05, 0.1) is 30.7 Å². The van der Waals surface area contributed by atoms with Crippen LogP contribution in [0, 0.1) is 34.5 Å². The fourth-order valence-corrected chi connectivity index (χ4v) is 11.2. The van der Waals surface area contributed by atoms with E-state index in [9.17, 15) is 9.59 Å². The summed E-state index contributed by atoms with van der Waals surface area (Å²) in [5.74, 6) is -0.646. The summed E-state index contributed by atoms with van der Waals surface area (Å²) in [5.41, 5.74) is -0.741. The number of allylic oxidation sites excluding steroid dienone is 1. The average molecular weight is 507 g/mol. The molecular formula is C26H42O6Si2. The van der Waals surface area contributed by atoms with Crippen LogP contribution in [0.15, 0.2) is 12.2 Å². The highest BCUT2D eigenvalue weighted by molar-refractivity contribution is 6.70. The van der Waals surface area contributed by atoms with Crippen LogP contribution >= 0.6 is 0 Å². The molecule has 2 unspecified atom stereocenters. The fraction of sp³-hybridized carbons (Fsp3) is 0.846. The molecule has 0 aromatic heterocycles. The van der Waals surface area contributed by atoms with E-state index in [0.29, 0.717) is 12.3 Å². The van der Waals surface area contributed by atoms with Crippen molar-refractivity contribution in [1.82, 2.24) is 0 Å². The number of ether oxygens (including phenoxy) is 2. The number of methoxy groups -OCH3 is 1. The molecule has 0 aromatic carbocycles. The van der Waals surface area contributed by atoms with E-state index in [1.165, 1.54) is 12.7 Å². The number of carbonyl (C=O) groups is 2. The van der Waals surface area contributed by atoms with Crippen LogP contribution < -0.4 is 0 Å². The Balaban J connectivity index is 1.74. The van der Waals surface area contributed by atoms with Gasteiger partial charge in [-0.25, -0.2) is 0 Å². The van der Waals surface area contributed by atoms with Crippen molar-refractivity contribution < 1.29 is 27.9 Å². The molecule has 1 heterocycles. The summed E-state index contributed by atoms with van der Waals surface area (Å²) in [6.45, 7) is 19.5. The van der Waals surface area contributed by atoms with Crippen molar-refractivity contribution in [3.63, 3.8) is 0 Å². The van der Waals surface area contributed by atoms with Crippen molar-refractivity contribution in [3.8, 4) is 0 Å². The Bertz CT molecular complexity index is 937. The molecule has 9 atom stereocenters. The molecule has 5 rings (SSSR count). The van der Waals surface area contributed by atoms with Gasteiger partial charge in [0, 0.05) is 18.3 Å². The molecule has 0 aromatic rings. The standard InChI is InChI=1S/C26H42O6Si2/c1-15-13-25-14-16(15)10-11-17(25)26-19(32-34(7,8)9)12-18(31-33(4,5)6)24(2,23(28)30-26)21(26)20(25)22(27)29-3/h16-21H,1,10-14H2,2-9H3/t16?,17-,18+,19-,20-,21-,24?,25+,26+/m1/s1. The normalized spacial score (nSPS) is 47.3. The topological polar surface area (TPSA) is 71.1 Å². The maximum Gasteiger partial charge on any atom is 0.315 e. The Hall–Kier alpha value is -0.966. The quantitative estimate of drug-likeness (QED) is 0.300. The third kappa shape index (κ3) is 3.10. The van der Waals surface area contributed by atoms with E-state index in [4.69, 9.17) is 18.3 Å². The highest BCUT2D eigenvalue weighted by Crippen LogP contribution is 2.78. The van der Waals surface area contributed by atoms with Gasteiger partial charge in [0.15, 0.2) is 16.6 Å². The van der Waals surface area contributed by atoms with Crippen molar-refractivity contribution >= 4 is 28.6 Å². The summed E-state index contributed by atoms with van der Waals surface area (Å²) in [6, 6.07) is 0. The average Bonchev–Trinajstić information content (AvgIpc) is 3.18. The van der Waals surface area contributed by atoms with Crippen LogP contribution in [0.25, 0.3) is 0 Å². The minimum atomic E-state index is -2.00. The zero-order valence-corrected chi connectivity index (χ0v) is 24.2. The summed E-state index contributed by atoms with van der Waals surface area (Å²) >= 11 is 0. The molecule has 5 aliphatic rings. The van der Waals surface area contributed by atoms with Gasteiger partial charge in [0.25, 0.3) is 0 Å². The molecule has 4 saturated carbocycles. The summed E-state index contributed by atoms with van der Waals surface area (Å²) in [7, 11) is -2.53. The first-order chi connectivity index (χ1) is 15.6. The van der Waals surface area contributed by atoms with Gasteiger partial charge in [0.1, 0.15) is 5.60 Å². The summed E-state index contributed by atoms with van der Waals surface area (Å²) in [4.78, 5) is 27.6. The molecule has 4 bridgehead atoms. The molecule has 1 saturated heterocycles. The fourth-order valence-electron chi connectivity index (χ4n) is 8.86. The molecule has 0 radical (unpaired) electrons. The van der Waals surface area contributed by atoms with Gasteiger partial charge >= 0.3 is 11.9 Å². The van der Waals surface area contributed by atoms with Gasteiger partial charge < -0.3 is 18.3 Å². The number of hydrogen-bond acceptors (Lipinski definition) is 6. The highest BCUT2D eigenvalue weighted by Gasteiger charge is 2.86. The predicted octanol–water partition coefficient (Wildman–Crippen LogP) is 4.91. The van der Waals surface area contributed by atoms with Gasteiger partial charge in [-0.15, -0.1) is 0 Å². The number of rotatable bonds is 5. The molecule has 1 spiro atoms. The Morgan fingerprint density at radius 1 is 1.06 bits per heavy atom. The summed E-state index contributed by atoms with van der Waals surface area (Å²) in [6.07, 6.45) is 3.75. The van der Waals surface area contributed by atoms with Crippen LogP contribution in [-0.4, -0.2) is 53.5 Å². The van der Waals surface area contributed by atoms with E-state index in [1.807, 2.05) is 6.92 Å². The molecule has 8 heteroatoms. The SMILES string of the molecule is C=C1C[C@]23CC1CC[C@H]2[C@]12OC(=O)C(C)([C@@H](O[Si](C)(C)C)C[C@H]1O[Si](C)(C)C)[C@H]2[C@@H]3C(=O)OC. The van der Waals surface area contributed by atoms with Crippen LogP contribution in [0.4, 0.5) is 0 Å². The molecular weight excluding hydrogens is 464 g/mol. The second-order valence-electron chi connectivity index (χ2n) is 13.8. The maximum absolute atomic E-state index is 13.9. The van der Waals surface area contributed by atoms with E-state index in [2.05, 4.69) is 45.9 Å². The Kier molecular flexibility index (Phi) is 5.30. The van der Waals surface area contributed by atoms with Crippen molar-refractivity contribution in [2.45, 2.75) is 96.1 Å². The van der Waals surface area contributed by atoms with Gasteiger partial charge in [0.2, 0.25) is 0 Å². The molecule has 4 aliphatic carbocycles. The number of hydrogen-bond donors (Lipinski definition) is 0. The van der Waals surface area contributed by atoms with Crippen LogP contribution in [0.2, 0.25) is 39.3 Å². The Morgan fingerprint density at radius 2 is 1.68 bits per heavy atom. The van der Waals surface area contributed by atoms with Crippen molar-refractivity contribution in [2.24, 2.45) is 34.5 Å². The van der Waals surface area contributed by atoms with E-state index >= 15 is 0 Å². The summed E-state index contributed by atoms with van der Waals surface area (Å²) < 4.78 is 25.8. The zero-order chi connectivity index (χ0) is 25.1. The van der Waals surface area contributed by atoms with Crippen LogP contribution in [0.1, 0.15) is 39.0 Å². The lowest BCUT2D eigenvalue weighted by Crippen LogP contribution is -2.63. The first-order valence-electron chi connectivity index (χ1n) is 12.9. The molecule has 6 nitrogen and oxygen atoms in total. The number of fused-ring (bicyclic) bond motifs is 1. The van der Waals surface area contributed by atoms with E-state index in [-0.39, 0.29) is 41.4 Å². The number of carbonyl (C=O) groups excluding carboxylic acids is 2. The van der Waals surface area contributed by atoms with E-state index < -0.39 is 33.6 Å². The smallest absolute Gasteiger partial charge is 0.315 e. The minimum Gasteiger partial charge on any atom is -0.469 e. The monoisotopic (exact) mass is 506 g/mol. The van der Waals surface area contributed by atoms with Gasteiger partial charge in [-0.3, -0.25) is 9.59 Å². The second-order valence-corrected chi connectivity index (χ2v) is 22.7. The van der Waals surface area contributed by atoms with Crippen molar-refractivity contribution in [1.29, 1.82) is 0 Å². The van der Waals surface area contributed by atoms with Gasteiger partial charge in [-0.1, -0.05) is 12.2 Å². The lowest BCUT2D eigenvalue weighted by atomic mass is 9.58. The van der Waals surface area contributed by atoms with Crippen LogP contribution in [-0.2, 0) is 27.9 Å². The molecule has 0 amide bonds. The maximum atomic E-state index is 13.9. The predicted molar refractivity (Wildman–Crippen MR) is 134 cm³/mol. The molecule has 190 valence electrons. The van der Waals surface area contributed by atoms with Gasteiger partial charge in [-0.2, -0.15) is 0 Å². The first kappa shape index (κ1) is 24.7. The second kappa shape index (κ2) is 7.29. The molecule has 0 N–H and O–H groups in total. The molecule has 34 heavy (non-hydrogen) atoms. The molecule has 5 fully saturated rings. The van der Waals surface area contributed by atoms with Crippen molar-refractivity contribution in [2.75, 3.05) is 7.11 Å². The largest absolute Gasteiger partial charge is 0.469 e.